The highest BCUT2D eigenvalue weighted by Crippen LogP contribution is 2.39. The summed E-state index contributed by atoms with van der Waals surface area (Å²) in [4.78, 5) is 22.3. The summed E-state index contributed by atoms with van der Waals surface area (Å²) < 4.78 is 88.5. The molecule has 2 aliphatic carbocycles. The fraction of sp³-hybridized carbons (Fsp3) is 0.528. The molecule has 1 N–H and O–H groups in total. The van der Waals surface area contributed by atoms with Crippen molar-refractivity contribution in [2.45, 2.75) is 91.0 Å². The fourth-order valence-electron chi connectivity index (χ4n) is 6.00. The zero-order valence-corrected chi connectivity index (χ0v) is 29.5. The summed E-state index contributed by atoms with van der Waals surface area (Å²) in [6.07, 6.45) is -6.21. The van der Waals surface area contributed by atoms with E-state index in [0.717, 1.165) is 66.6 Å². The predicted octanol–water partition coefficient (Wildman–Crippen LogP) is 7.93. The van der Waals surface area contributed by atoms with Crippen molar-refractivity contribution in [1.82, 2.24) is 30.5 Å². The van der Waals surface area contributed by atoms with Crippen molar-refractivity contribution in [1.29, 1.82) is 0 Å². The molecule has 2 saturated carbocycles. The molecule has 2 aliphatic rings. The molecule has 0 aliphatic heterocycles. The fourth-order valence-corrected chi connectivity index (χ4v) is 6.00. The summed E-state index contributed by atoms with van der Waals surface area (Å²) in [6.45, 7) is 8.51. The van der Waals surface area contributed by atoms with Crippen LogP contribution in [0.2, 0.25) is 0 Å². The van der Waals surface area contributed by atoms with E-state index in [4.69, 9.17) is 9.72 Å². The summed E-state index contributed by atoms with van der Waals surface area (Å²) in [5.41, 5.74) is -1.24. The van der Waals surface area contributed by atoms with Gasteiger partial charge in [0.25, 0.3) is 5.95 Å². The smallest absolute Gasteiger partial charge is 0.416 e. The molecule has 0 radical (unpaired) electrons. The van der Waals surface area contributed by atoms with Gasteiger partial charge in [-0.25, -0.2) is 9.78 Å². The lowest BCUT2D eigenvalue weighted by atomic mass is 10.0. The number of benzene rings is 2. The number of nitrogens with one attached hydrogen (secondary N) is 1. The molecule has 10 nitrogen and oxygen atoms in total. The molecule has 0 bridgehead atoms. The van der Waals surface area contributed by atoms with E-state index in [9.17, 15) is 31.1 Å². The molecule has 16 heteroatoms. The Kier molecular flexibility index (Phi) is 10.3. The number of alkyl halides is 6. The minimum absolute atomic E-state index is 0.0114. The Bertz CT molecular complexity index is 1850. The first kappa shape index (κ1) is 37.1. The van der Waals surface area contributed by atoms with E-state index in [0.29, 0.717) is 24.0 Å². The van der Waals surface area contributed by atoms with Gasteiger partial charge in [-0.1, -0.05) is 23.3 Å². The Hall–Kier alpha value is -4.63. The highest BCUT2D eigenvalue weighted by Gasteiger charge is 2.37. The lowest BCUT2D eigenvalue weighted by Gasteiger charge is -2.29. The highest BCUT2D eigenvalue weighted by atomic mass is 19.4. The topological polar surface area (TPSA) is 101 Å². The van der Waals surface area contributed by atoms with E-state index in [-0.39, 0.29) is 37.2 Å². The Labute approximate surface area is 297 Å². The molecular formula is C36H42F6N8O2. The van der Waals surface area contributed by atoms with Crippen LogP contribution in [0, 0.1) is 18.8 Å². The number of alkyl carbamates (subject to hydrolysis) is 1. The SMILES string of the molecule is Cc1cccc2cc(CN(Cc3cc(C(F)(F)F)cc(C(F)(F)F)c3)c3nnn(CCNC(=O)OC(C)(C)C)n3)c(N(CC3CC3)CC3CC3)nc12. The number of rotatable bonds is 13. The Balaban J connectivity index is 1.38. The maximum Gasteiger partial charge on any atom is 0.416 e. The van der Waals surface area contributed by atoms with Gasteiger partial charge in [-0.05, 0) is 106 Å². The van der Waals surface area contributed by atoms with Crippen LogP contribution in [0.1, 0.15) is 74.3 Å². The summed E-state index contributed by atoms with van der Waals surface area (Å²) in [6, 6.07) is 9.33. The number of carbonyl (C=O) groups is 1. The van der Waals surface area contributed by atoms with E-state index in [1.165, 1.54) is 9.70 Å². The first-order valence-electron chi connectivity index (χ1n) is 17.3. The van der Waals surface area contributed by atoms with Crippen molar-refractivity contribution < 1.29 is 35.9 Å². The van der Waals surface area contributed by atoms with Gasteiger partial charge in [0.15, 0.2) is 0 Å². The van der Waals surface area contributed by atoms with Crippen molar-refractivity contribution in [3.63, 3.8) is 0 Å². The van der Waals surface area contributed by atoms with Gasteiger partial charge >= 0.3 is 18.4 Å². The monoisotopic (exact) mass is 732 g/mol. The van der Waals surface area contributed by atoms with Crippen molar-refractivity contribution in [2.24, 2.45) is 11.8 Å². The molecule has 4 aromatic rings. The molecule has 2 aromatic heterocycles. The van der Waals surface area contributed by atoms with Gasteiger partial charge < -0.3 is 19.9 Å². The average Bonchev–Trinajstić information content (AvgIpc) is 3.98. The number of hydrogen-bond acceptors (Lipinski definition) is 8. The van der Waals surface area contributed by atoms with Gasteiger partial charge in [-0.3, -0.25) is 0 Å². The lowest BCUT2D eigenvalue weighted by Crippen LogP contribution is -2.34. The van der Waals surface area contributed by atoms with Crippen LogP contribution < -0.4 is 15.1 Å². The molecule has 0 unspecified atom stereocenters. The van der Waals surface area contributed by atoms with E-state index >= 15 is 0 Å². The van der Waals surface area contributed by atoms with Crippen LogP contribution in [0.3, 0.4) is 0 Å². The molecule has 0 saturated heterocycles. The number of nitrogens with zero attached hydrogens (tertiary/aromatic N) is 7. The van der Waals surface area contributed by atoms with Crippen molar-refractivity contribution in [3.05, 3.63) is 70.3 Å². The summed E-state index contributed by atoms with van der Waals surface area (Å²) in [5, 5.41) is 16.1. The number of tetrazole rings is 1. The van der Waals surface area contributed by atoms with Crippen LogP contribution >= 0.6 is 0 Å². The zero-order valence-electron chi connectivity index (χ0n) is 29.5. The van der Waals surface area contributed by atoms with Crippen molar-refractivity contribution in [3.8, 4) is 0 Å². The number of anilines is 2. The Morgan fingerprint density at radius 1 is 0.904 bits per heavy atom. The van der Waals surface area contributed by atoms with Crippen LogP contribution in [0.25, 0.3) is 10.9 Å². The molecule has 52 heavy (non-hydrogen) atoms. The predicted molar refractivity (Wildman–Crippen MR) is 183 cm³/mol. The molecule has 2 heterocycles. The lowest BCUT2D eigenvalue weighted by molar-refractivity contribution is -0.143. The zero-order chi connectivity index (χ0) is 37.4. The van der Waals surface area contributed by atoms with Crippen LogP contribution in [-0.4, -0.2) is 56.5 Å². The minimum atomic E-state index is -5.01. The van der Waals surface area contributed by atoms with Crippen molar-refractivity contribution >= 4 is 28.8 Å². The number of fused-ring (bicyclic) bond motifs is 1. The number of carbonyl (C=O) groups excluding carboxylic acids is 1. The quantitative estimate of drug-likeness (QED) is 0.139. The van der Waals surface area contributed by atoms with Gasteiger partial charge in [-0.15, -0.1) is 5.10 Å². The molecule has 2 aromatic carbocycles. The summed E-state index contributed by atoms with van der Waals surface area (Å²) >= 11 is 0. The third-order valence-corrected chi connectivity index (χ3v) is 8.84. The summed E-state index contributed by atoms with van der Waals surface area (Å²) in [5.74, 6) is 1.76. The van der Waals surface area contributed by atoms with Crippen LogP contribution in [0.4, 0.5) is 42.9 Å². The van der Waals surface area contributed by atoms with Gasteiger partial charge in [0.05, 0.1) is 23.2 Å². The van der Waals surface area contributed by atoms with Crippen LogP contribution in [0.5, 0.6) is 0 Å². The second kappa shape index (κ2) is 14.4. The third-order valence-electron chi connectivity index (χ3n) is 8.84. The van der Waals surface area contributed by atoms with Crippen LogP contribution in [-0.2, 0) is 36.7 Å². The maximum absolute atomic E-state index is 13.9. The number of hydrogen-bond donors (Lipinski definition) is 1. The largest absolute Gasteiger partial charge is 0.444 e. The number of para-hydroxylation sites is 1. The number of aromatic nitrogens is 5. The van der Waals surface area contributed by atoms with Gasteiger partial charge in [0.2, 0.25) is 0 Å². The third kappa shape index (κ3) is 9.82. The molecule has 6 rings (SSSR count). The molecule has 2 fully saturated rings. The minimum Gasteiger partial charge on any atom is -0.444 e. The second-order valence-electron chi connectivity index (χ2n) is 14.8. The number of halogens is 6. The molecular weight excluding hydrogens is 690 g/mol. The summed E-state index contributed by atoms with van der Waals surface area (Å²) in [7, 11) is 0. The van der Waals surface area contributed by atoms with Crippen molar-refractivity contribution in [2.75, 3.05) is 29.4 Å². The van der Waals surface area contributed by atoms with Gasteiger partial charge in [0, 0.05) is 43.7 Å². The normalized spacial score (nSPS) is 15.2. The number of aryl methyl sites for hydroxylation is 1. The molecule has 280 valence electrons. The van der Waals surface area contributed by atoms with E-state index in [2.05, 4.69) is 25.6 Å². The number of amides is 1. The van der Waals surface area contributed by atoms with Gasteiger partial charge in [0.1, 0.15) is 11.4 Å². The highest BCUT2D eigenvalue weighted by molar-refractivity contribution is 5.84. The molecule has 1 amide bonds. The average molecular weight is 733 g/mol. The van der Waals surface area contributed by atoms with E-state index in [1.807, 2.05) is 31.2 Å². The first-order chi connectivity index (χ1) is 24.4. The molecule has 0 atom stereocenters. The number of pyridine rings is 1. The van der Waals surface area contributed by atoms with E-state index in [1.54, 1.807) is 20.8 Å². The van der Waals surface area contributed by atoms with Gasteiger partial charge in [-0.2, -0.15) is 31.1 Å². The Morgan fingerprint density at radius 2 is 1.54 bits per heavy atom. The maximum atomic E-state index is 13.9. The number of ether oxygens (including phenoxy) is 1. The Morgan fingerprint density at radius 3 is 2.12 bits per heavy atom. The first-order valence-corrected chi connectivity index (χ1v) is 17.3. The molecule has 0 spiro atoms. The van der Waals surface area contributed by atoms with E-state index < -0.39 is 41.7 Å². The second-order valence-corrected chi connectivity index (χ2v) is 14.8. The standard InChI is InChI=1S/C36H42F6N8O2/c1-22-6-5-7-26-16-27(31(44-30(22)26)48(18-23-8-9-23)19-24-10-11-24)21-49(20-25-14-28(35(37,38)39)17-29(15-25)36(40,41)42)32-45-47-50(46-32)13-12-43-33(51)52-34(2,3)4/h5-7,14-17,23-24H,8-13,18-21H2,1-4H3,(H,43,51). The van der Waals surface area contributed by atoms with Crippen LogP contribution in [0.15, 0.2) is 42.5 Å².